The lowest BCUT2D eigenvalue weighted by Gasteiger charge is -1.98. The van der Waals surface area contributed by atoms with Crippen LogP contribution in [0.4, 0.5) is 5.82 Å². The zero-order valence-electron chi connectivity index (χ0n) is 11.8. The number of carbonyl (C=O) groups excluding carboxylic acids is 1. The Morgan fingerprint density at radius 3 is 2.87 bits per heavy atom. The van der Waals surface area contributed by atoms with Crippen LogP contribution in [0.15, 0.2) is 58.6 Å². The molecule has 0 spiro atoms. The van der Waals surface area contributed by atoms with Crippen LogP contribution in [0, 0.1) is 0 Å². The maximum Gasteiger partial charge on any atom is 0.276 e. The molecule has 1 aromatic carbocycles. The maximum atomic E-state index is 12.3. The molecule has 0 bridgehead atoms. The van der Waals surface area contributed by atoms with E-state index in [2.05, 4.69) is 20.4 Å². The fraction of sp³-hybridized carbons (Fsp3) is 0. The standard InChI is InChI=1S/C16H10N4O2S/c21-14(19-13-11-7-4-8-17-15(11)22-20-13)12-9-23-16(18-12)10-5-2-1-3-6-10/h1-9H,(H,19,20,21). The molecule has 0 atom stereocenters. The van der Waals surface area contributed by atoms with Gasteiger partial charge in [-0.3, -0.25) is 4.79 Å². The number of benzene rings is 1. The van der Waals surface area contributed by atoms with Crippen molar-refractivity contribution in [1.29, 1.82) is 0 Å². The van der Waals surface area contributed by atoms with E-state index in [-0.39, 0.29) is 5.91 Å². The van der Waals surface area contributed by atoms with Gasteiger partial charge in [0, 0.05) is 17.1 Å². The van der Waals surface area contributed by atoms with Crippen molar-refractivity contribution >= 4 is 34.2 Å². The molecule has 1 amide bonds. The van der Waals surface area contributed by atoms with Gasteiger partial charge in [0.05, 0.1) is 5.39 Å². The minimum atomic E-state index is -0.331. The average molecular weight is 322 g/mol. The summed E-state index contributed by atoms with van der Waals surface area (Å²) in [6, 6.07) is 13.3. The third-order valence-electron chi connectivity index (χ3n) is 3.24. The van der Waals surface area contributed by atoms with Gasteiger partial charge in [-0.15, -0.1) is 11.3 Å². The van der Waals surface area contributed by atoms with E-state index in [0.717, 1.165) is 10.6 Å². The Morgan fingerprint density at radius 2 is 2.00 bits per heavy atom. The van der Waals surface area contributed by atoms with Gasteiger partial charge in [-0.2, -0.15) is 0 Å². The molecule has 6 nitrogen and oxygen atoms in total. The van der Waals surface area contributed by atoms with Gasteiger partial charge in [0.2, 0.25) is 0 Å². The number of anilines is 1. The summed E-state index contributed by atoms with van der Waals surface area (Å²) in [5.41, 5.74) is 1.70. The molecule has 0 aliphatic carbocycles. The third-order valence-corrected chi connectivity index (χ3v) is 4.13. The maximum absolute atomic E-state index is 12.3. The van der Waals surface area contributed by atoms with Crippen LogP contribution in [0.1, 0.15) is 10.5 Å². The van der Waals surface area contributed by atoms with Crippen LogP contribution in [0.3, 0.4) is 0 Å². The Kier molecular flexibility index (Phi) is 3.32. The molecule has 112 valence electrons. The van der Waals surface area contributed by atoms with Gasteiger partial charge in [0.15, 0.2) is 5.82 Å². The lowest BCUT2D eigenvalue weighted by atomic mass is 10.2. The molecule has 0 saturated heterocycles. The Hall–Kier alpha value is -3.06. The molecule has 4 rings (SSSR count). The lowest BCUT2D eigenvalue weighted by molar-refractivity contribution is 0.102. The summed E-state index contributed by atoms with van der Waals surface area (Å²) in [5, 5.41) is 9.70. The molecule has 3 aromatic heterocycles. The fourth-order valence-electron chi connectivity index (χ4n) is 2.13. The van der Waals surface area contributed by atoms with Crippen molar-refractivity contribution < 1.29 is 9.32 Å². The molecule has 7 heteroatoms. The molecule has 1 N–H and O–H groups in total. The van der Waals surface area contributed by atoms with Gasteiger partial charge in [-0.05, 0) is 12.1 Å². The predicted molar refractivity (Wildman–Crippen MR) is 87.3 cm³/mol. The van der Waals surface area contributed by atoms with E-state index < -0.39 is 0 Å². The van der Waals surface area contributed by atoms with Crippen LogP contribution in [-0.2, 0) is 0 Å². The minimum absolute atomic E-state index is 0.331. The lowest BCUT2D eigenvalue weighted by Crippen LogP contribution is -2.12. The second-order valence-electron chi connectivity index (χ2n) is 4.75. The van der Waals surface area contributed by atoms with Crippen molar-refractivity contribution in [2.45, 2.75) is 0 Å². The van der Waals surface area contributed by atoms with Crippen LogP contribution in [-0.4, -0.2) is 21.0 Å². The highest BCUT2D eigenvalue weighted by atomic mass is 32.1. The topological polar surface area (TPSA) is 80.9 Å². The number of hydrogen-bond acceptors (Lipinski definition) is 6. The van der Waals surface area contributed by atoms with Crippen LogP contribution >= 0.6 is 11.3 Å². The first-order chi connectivity index (χ1) is 11.3. The zero-order valence-corrected chi connectivity index (χ0v) is 12.6. The Bertz CT molecular complexity index is 978. The van der Waals surface area contributed by atoms with E-state index >= 15 is 0 Å². The number of nitrogens with one attached hydrogen (secondary N) is 1. The highest BCUT2D eigenvalue weighted by molar-refractivity contribution is 7.13. The molecule has 4 aromatic rings. The van der Waals surface area contributed by atoms with Gasteiger partial charge < -0.3 is 9.84 Å². The van der Waals surface area contributed by atoms with E-state index in [1.807, 2.05) is 30.3 Å². The van der Waals surface area contributed by atoms with E-state index in [9.17, 15) is 4.79 Å². The minimum Gasteiger partial charge on any atom is -0.334 e. The van der Waals surface area contributed by atoms with Crippen molar-refractivity contribution in [2.24, 2.45) is 0 Å². The van der Waals surface area contributed by atoms with Crippen LogP contribution in [0.2, 0.25) is 0 Å². The number of fused-ring (bicyclic) bond motifs is 1. The second kappa shape index (κ2) is 5.62. The molecule has 0 radical (unpaired) electrons. The number of pyridine rings is 1. The second-order valence-corrected chi connectivity index (χ2v) is 5.60. The summed E-state index contributed by atoms with van der Waals surface area (Å²) in [6.07, 6.45) is 1.60. The molecule has 0 fully saturated rings. The number of thiazole rings is 1. The van der Waals surface area contributed by atoms with Gasteiger partial charge in [0.1, 0.15) is 10.7 Å². The largest absolute Gasteiger partial charge is 0.334 e. The first kappa shape index (κ1) is 13.6. The van der Waals surface area contributed by atoms with Gasteiger partial charge in [-0.1, -0.05) is 35.5 Å². The van der Waals surface area contributed by atoms with E-state index in [4.69, 9.17) is 4.52 Å². The number of hydrogen-bond donors (Lipinski definition) is 1. The monoisotopic (exact) mass is 322 g/mol. The van der Waals surface area contributed by atoms with Crippen molar-refractivity contribution in [3.63, 3.8) is 0 Å². The van der Waals surface area contributed by atoms with Crippen molar-refractivity contribution in [3.8, 4) is 10.6 Å². The quantitative estimate of drug-likeness (QED) is 0.623. The number of amides is 1. The smallest absolute Gasteiger partial charge is 0.276 e. The van der Waals surface area contributed by atoms with Gasteiger partial charge in [-0.25, -0.2) is 9.97 Å². The molecule has 0 saturated carbocycles. The van der Waals surface area contributed by atoms with Gasteiger partial charge in [0.25, 0.3) is 11.6 Å². The highest BCUT2D eigenvalue weighted by Crippen LogP contribution is 2.25. The average Bonchev–Trinajstić information content (AvgIpc) is 3.24. The fourth-order valence-corrected chi connectivity index (χ4v) is 2.94. The van der Waals surface area contributed by atoms with Crippen LogP contribution < -0.4 is 5.32 Å². The van der Waals surface area contributed by atoms with Crippen molar-refractivity contribution in [1.82, 2.24) is 15.1 Å². The number of rotatable bonds is 3. The molecule has 23 heavy (non-hydrogen) atoms. The number of aromatic nitrogens is 3. The van der Waals surface area contributed by atoms with Crippen molar-refractivity contribution in [3.05, 3.63) is 59.7 Å². The summed E-state index contributed by atoms with van der Waals surface area (Å²) in [6.45, 7) is 0. The zero-order chi connectivity index (χ0) is 15.6. The van der Waals surface area contributed by atoms with Crippen LogP contribution in [0.5, 0.6) is 0 Å². The Balaban J connectivity index is 1.59. The van der Waals surface area contributed by atoms with E-state index in [1.54, 1.807) is 23.7 Å². The predicted octanol–water partition coefficient (Wildman–Crippen LogP) is 3.60. The molecule has 3 heterocycles. The summed E-state index contributed by atoms with van der Waals surface area (Å²) in [4.78, 5) is 20.7. The Labute approximate surface area is 134 Å². The number of nitrogens with zero attached hydrogens (tertiary/aromatic N) is 3. The van der Waals surface area contributed by atoms with E-state index in [1.165, 1.54) is 11.3 Å². The molecular weight excluding hydrogens is 312 g/mol. The van der Waals surface area contributed by atoms with Gasteiger partial charge >= 0.3 is 0 Å². The summed E-state index contributed by atoms with van der Waals surface area (Å²) >= 11 is 1.42. The SMILES string of the molecule is O=C(Nc1noc2ncccc12)c1csc(-c2ccccc2)n1. The summed E-state index contributed by atoms with van der Waals surface area (Å²) in [7, 11) is 0. The molecular formula is C16H10N4O2S. The molecule has 0 unspecified atom stereocenters. The normalized spacial score (nSPS) is 10.8. The van der Waals surface area contributed by atoms with E-state index in [0.29, 0.717) is 22.6 Å². The van der Waals surface area contributed by atoms with Crippen molar-refractivity contribution in [2.75, 3.05) is 5.32 Å². The number of carbonyl (C=O) groups is 1. The summed E-state index contributed by atoms with van der Waals surface area (Å²) < 4.78 is 5.07. The first-order valence-electron chi connectivity index (χ1n) is 6.84. The molecule has 0 aliphatic heterocycles. The molecule has 0 aliphatic rings. The third kappa shape index (κ3) is 2.58. The Morgan fingerprint density at radius 1 is 1.13 bits per heavy atom. The first-order valence-corrected chi connectivity index (χ1v) is 7.72. The summed E-state index contributed by atoms with van der Waals surface area (Å²) in [5.74, 6) is 0.00912. The highest BCUT2D eigenvalue weighted by Gasteiger charge is 2.16. The van der Waals surface area contributed by atoms with Crippen LogP contribution in [0.25, 0.3) is 21.7 Å².